The summed E-state index contributed by atoms with van der Waals surface area (Å²) in [5, 5.41) is 0. The Kier molecular flexibility index (Phi) is 6.29. The lowest BCUT2D eigenvalue weighted by Crippen LogP contribution is -2.52. The van der Waals surface area contributed by atoms with Crippen LogP contribution in [0, 0.1) is 6.92 Å². The highest BCUT2D eigenvalue weighted by atomic mass is 32.2. The van der Waals surface area contributed by atoms with Crippen LogP contribution in [0.1, 0.15) is 22.9 Å². The number of aryl methyl sites for hydroxylation is 1. The van der Waals surface area contributed by atoms with Gasteiger partial charge in [0.1, 0.15) is 0 Å². The van der Waals surface area contributed by atoms with Crippen LogP contribution in [0.3, 0.4) is 0 Å². The van der Waals surface area contributed by atoms with Crippen LogP contribution < -0.4 is 0 Å². The van der Waals surface area contributed by atoms with Crippen LogP contribution in [0.15, 0.2) is 77.8 Å². The maximum Gasteiger partial charge on any atom is 0.243 e. The Balaban J connectivity index is 1.26. The van der Waals surface area contributed by atoms with Gasteiger partial charge in [0.15, 0.2) is 0 Å². The zero-order valence-corrected chi connectivity index (χ0v) is 20.2. The molecule has 8 heteroatoms. The first kappa shape index (κ1) is 22.8. The first-order chi connectivity index (χ1) is 16.4. The number of carbonyl (C=O) groups is 1. The van der Waals surface area contributed by atoms with E-state index in [0.717, 1.165) is 23.4 Å². The van der Waals surface area contributed by atoms with Crippen molar-refractivity contribution in [2.75, 3.05) is 39.3 Å². The van der Waals surface area contributed by atoms with Gasteiger partial charge in [-0.15, -0.1) is 0 Å². The minimum Gasteiger partial charge on any atom is -0.348 e. The average molecular weight is 479 g/mol. The summed E-state index contributed by atoms with van der Waals surface area (Å²) in [5.41, 5.74) is 3.25. The summed E-state index contributed by atoms with van der Waals surface area (Å²) in [6.45, 7) is 5.51. The molecule has 1 aromatic heterocycles. The number of fused-ring (bicyclic) bond motifs is 1. The maximum atomic E-state index is 13.5. The lowest BCUT2D eigenvalue weighted by Gasteiger charge is -2.39. The van der Waals surface area contributed by atoms with E-state index in [1.807, 2.05) is 48.2 Å². The fourth-order valence-corrected chi connectivity index (χ4v) is 6.33. The lowest BCUT2D eigenvalue weighted by molar-refractivity contribution is -0.135. The molecule has 1 fully saturated rings. The lowest BCUT2D eigenvalue weighted by atomic mass is 10.00. The Labute approximate surface area is 201 Å². The second-order valence-corrected chi connectivity index (χ2v) is 11.0. The van der Waals surface area contributed by atoms with Crippen molar-refractivity contribution >= 4 is 15.9 Å². The van der Waals surface area contributed by atoms with Crippen LogP contribution in [-0.2, 0) is 21.4 Å². The molecule has 0 saturated carbocycles. The number of aromatic nitrogens is 1. The summed E-state index contributed by atoms with van der Waals surface area (Å²) in [4.78, 5) is 17.8. The Morgan fingerprint density at radius 1 is 0.853 bits per heavy atom. The molecule has 1 atom stereocenters. The van der Waals surface area contributed by atoms with Crippen LogP contribution in [-0.4, -0.2) is 72.3 Å². The van der Waals surface area contributed by atoms with E-state index in [1.54, 1.807) is 12.1 Å². The van der Waals surface area contributed by atoms with E-state index in [1.165, 1.54) is 4.31 Å². The van der Waals surface area contributed by atoms with Crippen molar-refractivity contribution in [3.05, 3.63) is 89.7 Å². The number of hydrogen-bond acceptors (Lipinski definition) is 4. The number of amides is 1. The molecule has 2 aromatic carbocycles. The fourth-order valence-electron chi connectivity index (χ4n) is 4.91. The molecule has 7 nitrogen and oxygen atoms in total. The molecular formula is C26H30N4O3S. The molecule has 0 bridgehead atoms. The molecule has 3 heterocycles. The predicted octanol–water partition coefficient (Wildman–Crippen LogP) is 2.73. The Morgan fingerprint density at radius 3 is 2.26 bits per heavy atom. The standard InChI is InChI=1S/C26H30N4O3S/c1-21-9-11-23(12-10-21)34(32,33)29-17-14-27(15-18-29)20-25(31)30-19-16-28-13-5-8-24(28)26(30)22-6-3-2-4-7-22/h2-13,26H,14-20H2,1H3. The van der Waals surface area contributed by atoms with Gasteiger partial charge in [0.25, 0.3) is 0 Å². The van der Waals surface area contributed by atoms with Crippen molar-refractivity contribution < 1.29 is 13.2 Å². The minimum atomic E-state index is -3.51. The smallest absolute Gasteiger partial charge is 0.243 e. The normalized spacial score (nSPS) is 19.7. The monoisotopic (exact) mass is 478 g/mol. The Hall–Kier alpha value is -2.94. The summed E-state index contributed by atoms with van der Waals surface area (Å²) in [6, 6.07) is 21.1. The summed E-state index contributed by atoms with van der Waals surface area (Å²) >= 11 is 0. The molecule has 0 spiro atoms. The zero-order valence-electron chi connectivity index (χ0n) is 19.4. The topological polar surface area (TPSA) is 65.9 Å². The average Bonchev–Trinajstić information content (AvgIpc) is 3.33. The minimum absolute atomic E-state index is 0.0798. The quantitative estimate of drug-likeness (QED) is 0.566. The largest absolute Gasteiger partial charge is 0.348 e. The van der Waals surface area contributed by atoms with Gasteiger partial charge in [0.05, 0.1) is 17.5 Å². The summed E-state index contributed by atoms with van der Waals surface area (Å²) in [5.74, 6) is 0.0798. The molecule has 0 aliphatic carbocycles. The first-order valence-corrected chi connectivity index (χ1v) is 13.2. The first-order valence-electron chi connectivity index (χ1n) is 11.7. The molecule has 2 aliphatic rings. The SMILES string of the molecule is Cc1ccc(S(=O)(=O)N2CCN(CC(=O)N3CCn4cccc4C3c3ccccc3)CC2)cc1. The number of nitrogens with zero attached hydrogens (tertiary/aromatic N) is 4. The van der Waals surface area contributed by atoms with E-state index in [9.17, 15) is 13.2 Å². The molecule has 0 radical (unpaired) electrons. The van der Waals surface area contributed by atoms with Crippen LogP contribution >= 0.6 is 0 Å². The Bertz CT molecular complexity index is 1250. The second-order valence-electron chi connectivity index (χ2n) is 9.02. The van der Waals surface area contributed by atoms with Gasteiger partial charge in [0.2, 0.25) is 15.9 Å². The van der Waals surface area contributed by atoms with Gasteiger partial charge in [-0.05, 0) is 36.8 Å². The number of carbonyl (C=O) groups excluding carboxylic acids is 1. The van der Waals surface area contributed by atoms with E-state index in [2.05, 4.69) is 33.9 Å². The van der Waals surface area contributed by atoms with Gasteiger partial charge in [-0.3, -0.25) is 9.69 Å². The fraction of sp³-hybridized carbons (Fsp3) is 0.346. The highest BCUT2D eigenvalue weighted by Gasteiger charge is 2.34. The third-order valence-electron chi connectivity index (χ3n) is 6.82. The molecule has 1 unspecified atom stereocenters. The number of sulfonamides is 1. The highest BCUT2D eigenvalue weighted by molar-refractivity contribution is 7.89. The van der Waals surface area contributed by atoms with Gasteiger partial charge >= 0.3 is 0 Å². The number of benzene rings is 2. The van der Waals surface area contributed by atoms with Crippen LogP contribution in [0.25, 0.3) is 0 Å². The summed E-state index contributed by atoms with van der Waals surface area (Å²) in [6.07, 6.45) is 2.07. The van der Waals surface area contributed by atoms with Gasteiger partial charge in [-0.25, -0.2) is 8.42 Å². The second kappa shape index (κ2) is 9.37. The van der Waals surface area contributed by atoms with E-state index < -0.39 is 10.0 Å². The Morgan fingerprint density at radius 2 is 1.56 bits per heavy atom. The zero-order chi connectivity index (χ0) is 23.7. The van der Waals surface area contributed by atoms with Crippen LogP contribution in [0.2, 0.25) is 0 Å². The van der Waals surface area contributed by atoms with E-state index >= 15 is 0 Å². The van der Waals surface area contributed by atoms with Crippen LogP contribution in [0.5, 0.6) is 0 Å². The number of piperazine rings is 1. The van der Waals surface area contributed by atoms with E-state index in [0.29, 0.717) is 44.2 Å². The van der Waals surface area contributed by atoms with E-state index in [4.69, 9.17) is 0 Å². The summed E-state index contributed by atoms with van der Waals surface area (Å²) in [7, 11) is -3.51. The van der Waals surface area contributed by atoms with Crippen LogP contribution in [0.4, 0.5) is 0 Å². The van der Waals surface area contributed by atoms with Crippen molar-refractivity contribution in [2.24, 2.45) is 0 Å². The molecule has 178 valence electrons. The van der Waals surface area contributed by atoms with Crippen molar-refractivity contribution in [3.8, 4) is 0 Å². The highest BCUT2D eigenvalue weighted by Crippen LogP contribution is 2.32. The molecule has 2 aliphatic heterocycles. The molecular weight excluding hydrogens is 448 g/mol. The predicted molar refractivity (Wildman–Crippen MR) is 131 cm³/mol. The molecule has 1 amide bonds. The number of hydrogen-bond donors (Lipinski definition) is 0. The van der Waals surface area contributed by atoms with Crippen molar-refractivity contribution in [3.63, 3.8) is 0 Å². The molecule has 1 saturated heterocycles. The van der Waals surface area contributed by atoms with Crippen molar-refractivity contribution in [1.82, 2.24) is 18.7 Å². The molecule has 5 rings (SSSR count). The van der Waals surface area contributed by atoms with Gasteiger partial charge in [-0.2, -0.15) is 4.31 Å². The third kappa shape index (κ3) is 4.41. The molecule has 3 aromatic rings. The van der Waals surface area contributed by atoms with Gasteiger partial charge in [-0.1, -0.05) is 48.0 Å². The van der Waals surface area contributed by atoms with Gasteiger partial charge < -0.3 is 9.47 Å². The molecule has 34 heavy (non-hydrogen) atoms. The van der Waals surface area contributed by atoms with E-state index in [-0.39, 0.29) is 11.9 Å². The number of rotatable bonds is 5. The van der Waals surface area contributed by atoms with Gasteiger partial charge in [0, 0.05) is 51.2 Å². The maximum absolute atomic E-state index is 13.5. The van der Waals surface area contributed by atoms with Crippen molar-refractivity contribution in [2.45, 2.75) is 24.4 Å². The van der Waals surface area contributed by atoms with Crippen molar-refractivity contribution in [1.29, 1.82) is 0 Å². The summed E-state index contributed by atoms with van der Waals surface area (Å²) < 4.78 is 29.7. The third-order valence-corrected chi connectivity index (χ3v) is 8.74. The molecule has 0 N–H and O–H groups in total.